The highest BCUT2D eigenvalue weighted by Gasteiger charge is 2.28. The third-order valence-electron chi connectivity index (χ3n) is 3.53. The van der Waals surface area contributed by atoms with Gasteiger partial charge in [0.2, 0.25) is 0 Å². The molecule has 1 atom stereocenters. The Morgan fingerprint density at radius 2 is 1.69 bits per heavy atom. The molecule has 1 unspecified atom stereocenters. The van der Waals surface area contributed by atoms with Crippen LogP contribution in [0, 0.1) is 26.7 Å². The van der Waals surface area contributed by atoms with Crippen LogP contribution in [0.5, 0.6) is 0 Å². The Hall–Kier alpha value is -1.51. The normalized spacial score (nSPS) is 19.4. The fourth-order valence-electron chi connectivity index (χ4n) is 1.97. The van der Waals surface area contributed by atoms with E-state index in [-0.39, 0.29) is 11.7 Å². The molecule has 0 aromatic carbocycles. The second-order valence-corrected chi connectivity index (χ2v) is 4.48. The quantitative estimate of drug-likeness (QED) is 0.669. The van der Waals surface area contributed by atoms with Gasteiger partial charge in [0, 0.05) is 11.4 Å². The second kappa shape index (κ2) is 3.51. The molecule has 16 heavy (non-hydrogen) atoms. The van der Waals surface area contributed by atoms with E-state index in [2.05, 4.69) is 9.98 Å². The smallest absolute Gasteiger partial charge is 0.175 e. The van der Waals surface area contributed by atoms with Crippen molar-refractivity contribution in [1.82, 2.24) is 4.98 Å². The van der Waals surface area contributed by atoms with Crippen LogP contribution in [-0.4, -0.2) is 16.5 Å². The summed E-state index contributed by atoms with van der Waals surface area (Å²) in [6, 6.07) is 0. The molecule has 1 aliphatic rings. The number of Topliss-reactive ketones (excluding diaryl/α,β-unsaturated/α-hetero) is 1. The highest BCUT2D eigenvalue weighted by molar-refractivity contribution is 6.17. The molecule has 1 aromatic rings. The van der Waals surface area contributed by atoms with Crippen molar-refractivity contribution in [3.63, 3.8) is 0 Å². The number of carbonyl (C=O) groups excluding carboxylic acids is 1. The molecule has 0 saturated carbocycles. The first-order chi connectivity index (χ1) is 7.43. The third kappa shape index (κ3) is 1.39. The maximum Gasteiger partial charge on any atom is 0.175 e. The minimum atomic E-state index is -0.116. The van der Waals surface area contributed by atoms with E-state index in [1.54, 1.807) is 0 Å². The van der Waals surface area contributed by atoms with Crippen LogP contribution >= 0.6 is 0 Å². The first-order valence-electron chi connectivity index (χ1n) is 5.50. The van der Waals surface area contributed by atoms with Crippen molar-refractivity contribution >= 4 is 17.3 Å². The van der Waals surface area contributed by atoms with Gasteiger partial charge in [-0.2, -0.15) is 0 Å². The summed E-state index contributed by atoms with van der Waals surface area (Å²) in [7, 11) is 0. The van der Waals surface area contributed by atoms with Gasteiger partial charge in [-0.25, -0.2) is 9.98 Å². The van der Waals surface area contributed by atoms with Gasteiger partial charge in [-0.15, -0.1) is 0 Å². The highest BCUT2D eigenvalue weighted by atomic mass is 16.1. The predicted molar refractivity (Wildman–Crippen MR) is 64.7 cm³/mol. The summed E-state index contributed by atoms with van der Waals surface area (Å²) in [4.78, 5) is 21.0. The van der Waals surface area contributed by atoms with Crippen molar-refractivity contribution in [3.05, 3.63) is 22.4 Å². The molecule has 0 saturated heterocycles. The van der Waals surface area contributed by atoms with E-state index >= 15 is 0 Å². The minimum Gasteiger partial charge on any atom is -0.293 e. The summed E-state index contributed by atoms with van der Waals surface area (Å²) in [6.45, 7) is 9.72. The molecule has 0 radical (unpaired) electrons. The molecule has 0 spiro atoms. The number of rotatable bonds is 0. The standard InChI is InChI=1S/C13H16N2O/c1-6-7(2)11-12(16)8(3)10(5)15-13(11)14-9(6)4/h8H,1-5H3. The fourth-order valence-corrected chi connectivity index (χ4v) is 1.97. The average Bonchev–Trinajstić information content (AvgIpc) is 2.23. The SMILES string of the molecule is CC1=Nc2nc(C)c(C)c(C)c2C(=O)C1C. The molecule has 2 rings (SSSR count). The number of ketones is 1. The summed E-state index contributed by atoms with van der Waals surface area (Å²) in [5.74, 6) is 0.631. The van der Waals surface area contributed by atoms with Gasteiger partial charge in [-0.3, -0.25) is 4.79 Å². The lowest BCUT2D eigenvalue weighted by Gasteiger charge is -2.21. The molecule has 1 aromatic heterocycles. The predicted octanol–water partition coefficient (Wildman–Crippen LogP) is 2.93. The Morgan fingerprint density at radius 1 is 1.06 bits per heavy atom. The molecule has 0 amide bonds. The molecule has 0 aliphatic carbocycles. The lowest BCUT2D eigenvalue weighted by molar-refractivity contribution is 0.0959. The highest BCUT2D eigenvalue weighted by Crippen LogP contribution is 2.31. The van der Waals surface area contributed by atoms with Crippen LogP contribution in [-0.2, 0) is 0 Å². The van der Waals surface area contributed by atoms with Crippen LogP contribution < -0.4 is 0 Å². The third-order valence-corrected chi connectivity index (χ3v) is 3.53. The van der Waals surface area contributed by atoms with Crippen LogP contribution in [0.15, 0.2) is 4.99 Å². The molecular weight excluding hydrogens is 200 g/mol. The van der Waals surface area contributed by atoms with Crippen molar-refractivity contribution in [2.45, 2.75) is 34.6 Å². The van der Waals surface area contributed by atoms with E-state index in [0.717, 1.165) is 22.5 Å². The molecular formula is C13H16N2O. The van der Waals surface area contributed by atoms with Crippen LogP contribution in [0.4, 0.5) is 5.82 Å². The fraction of sp³-hybridized carbons (Fsp3) is 0.462. The molecule has 84 valence electrons. The number of aryl methyl sites for hydroxylation is 1. The lowest BCUT2D eigenvalue weighted by atomic mass is 9.89. The van der Waals surface area contributed by atoms with E-state index in [9.17, 15) is 4.79 Å². The topological polar surface area (TPSA) is 42.3 Å². The van der Waals surface area contributed by atoms with Gasteiger partial charge in [0.25, 0.3) is 0 Å². The Kier molecular flexibility index (Phi) is 2.41. The van der Waals surface area contributed by atoms with E-state index in [1.807, 2.05) is 34.6 Å². The molecule has 1 aliphatic heterocycles. The van der Waals surface area contributed by atoms with Gasteiger partial charge in [-0.1, -0.05) is 0 Å². The van der Waals surface area contributed by atoms with Crippen molar-refractivity contribution < 1.29 is 4.79 Å². The Labute approximate surface area is 95.6 Å². The van der Waals surface area contributed by atoms with Gasteiger partial charge >= 0.3 is 0 Å². The van der Waals surface area contributed by atoms with Crippen molar-refractivity contribution in [2.75, 3.05) is 0 Å². The average molecular weight is 216 g/mol. The molecule has 3 nitrogen and oxygen atoms in total. The van der Waals surface area contributed by atoms with Crippen LogP contribution in [0.25, 0.3) is 0 Å². The molecule has 0 bridgehead atoms. The zero-order valence-electron chi connectivity index (χ0n) is 10.4. The summed E-state index contributed by atoms with van der Waals surface area (Å²) in [5, 5.41) is 0. The molecule has 0 N–H and O–H groups in total. The number of aromatic nitrogens is 1. The Bertz CT molecular complexity index is 515. The zero-order valence-corrected chi connectivity index (χ0v) is 10.4. The lowest BCUT2D eigenvalue weighted by Crippen LogP contribution is -2.24. The first-order valence-corrected chi connectivity index (χ1v) is 5.50. The zero-order chi connectivity index (χ0) is 12.0. The van der Waals surface area contributed by atoms with E-state index < -0.39 is 0 Å². The van der Waals surface area contributed by atoms with E-state index in [1.165, 1.54) is 0 Å². The summed E-state index contributed by atoms with van der Waals surface area (Å²) in [6.07, 6.45) is 0. The number of nitrogens with zero attached hydrogens (tertiary/aromatic N) is 2. The summed E-state index contributed by atoms with van der Waals surface area (Å²) in [5.41, 5.74) is 4.63. The number of carbonyl (C=O) groups is 1. The minimum absolute atomic E-state index is 0.116. The second-order valence-electron chi connectivity index (χ2n) is 4.48. The van der Waals surface area contributed by atoms with E-state index in [4.69, 9.17) is 0 Å². The largest absolute Gasteiger partial charge is 0.293 e. The Balaban J connectivity index is 2.78. The van der Waals surface area contributed by atoms with Crippen molar-refractivity contribution in [1.29, 1.82) is 0 Å². The van der Waals surface area contributed by atoms with E-state index in [0.29, 0.717) is 11.4 Å². The number of hydrogen-bond acceptors (Lipinski definition) is 3. The summed E-state index contributed by atoms with van der Waals surface area (Å²) >= 11 is 0. The van der Waals surface area contributed by atoms with Crippen LogP contribution in [0.2, 0.25) is 0 Å². The van der Waals surface area contributed by atoms with Gasteiger partial charge in [-0.05, 0) is 45.7 Å². The number of pyridine rings is 1. The maximum atomic E-state index is 12.2. The number of aliphatic imine (C=N–C) groups is 1. The maximum absolute atomic E-state index is 12.2. The van der Waals surface area contributed by atoms with Crippen molar-refractivity contribution in [3.8, 4) is 0 Å². The molecule has 2 heterocycles. The first kappa shape index (κ1) is 11.0. The van der Waals surface area contributed by atoms with Crippen LogP contribution in [0.3, 0.4) is 0 Å². The summed E-state index contributed by atoms with van der Waals surface area (Å²) < 4.78 is 0. The van der Waals surface area contributed by atoms with Gasteiger partial charge in [0.1, 0.15) is 0 Å². The molecule has 3 heteroatoms. The Morgan fingerprint density at radius 3 is 2.31 bits per heavy atom. The molecule has 0 fully saturated rings. The van der Waals surface area contributed by atoms with Crippen LogP contribution in [0.1, 0.15) is 41.0 Å². The monoisotopic (exact) mass is 216 g/mol. The van der Waals surface area contributed by atoms with Gasteiger partial charge in [0.05, 0.1) is 11.5 Å². The van der Waals surface area contributed by atoms with Gasteiger partial charge < -0.3 is 0 Å². The number of hydrogen-bond donors (Lipinski definition) is 0. The number of fused-ring (bicyclic) bond motifs is 1. The van der Waals surface area contributed by atoms with Gasteiger partial charge in [0.15, 0.2) is 11.6 Å². The van der Waals surface area contributed by atoms with Crippen molar-refractivity contribution in [2.24, 2.45) is 10.9 Å².